The summed E-state index contributed by atoms with van der Waals surface area (Å²) in [6, 6.07) is 11.3. The number of hydrogen-bond donors (Lipinski definition) is 2. The van der Waals surface area contributed by atoms with Crippen LogP contribution in [0.5, 0.6) is 0 Å². The van der Waals surface area contributed by atoms with Crippen LogP contribution in [0.15, 0.2) is 30.3 Å². The van der Waals surface area contributed by atoms with E-state index in [1.165, 1.54) is 11.8 Å². The van der Waals surface area contributed by atoms with E-state index in [2.05, 4.69) is 10.6 Å². The number of carbonyl (C=O) groups is 3. The zero-order valence-electron chi connectivity index (χ0n) is 18.8. The number of piperazine rings is 1. The van der Waals surface area contributed by atoms with E-state index < -0.39 is 10.9 Å². The van der Waals surface area contributed by atoms with E-state index in [0.717, 1.165) is 5.56 Å². The smallest absolute Gasteiger partial charge is 0.410 e. The summed E-state index contributed by atoms with van der Waals surface area (Å²) in [6.07, 6.45) is -0.385. The van der Waals surface area contributed by atoms with Gasteiger partial charge in [-0.25, -0.2) is 9.59 Å². The Hall–Kier alpha value is -2.93. The largest absolute Gasteiger partial charge is 0.444 e. The maximum absolute atomic E-state index is 12.6. The molecule has 9 nitrogen and oxygen atoms in total. The number of nitrogens with zero attached hydrogens (tertiary/aromatic N) is 3. The highest BCUT2D eigenvalue weighted by molar-refractivity contribution is 7.99. The molecule has 1 atom stereocenters. The minimum absolute atomic E-state index is 0.0815. The van der Waals surface area contributed by atoms with Crippen molar-refractivity contribution >= 4 is 29.8 Å². The monoisotopic (exact) mass is 461 g/mol. The second kappa shape index (κ2) is 12.2. The van der Waals surface area contributed by atoms with Crippen LogP contribution in [0, 0.1) is 11.3 Å². The zero-order chi connectivity index (χ0) is 23.6. The van der Waals surface area contributed by atoms with Crippen LogP contribution in [0.3, 0.4) is 0 Å². The molecule has 0 aliphatic carbocycles. The molecule has 1 aliphatic heterocycles. The van der Waals surface area contributed by atoms with Gasteiger partial charge in [0.2, 0.25) is 5.91 Å². The van der Waals surface area contributed by atoms with Gasteiger partial charge in [-0.1, -0.05) is 30.3 Å². The highest BCUT2D eigenvalue weighted by Crippen LogP contribution is 2.18. The van der Waals surface area contributed by atoms with Gasteiger partial charge in [0.1, 0.15) is 17.4 Å². The molecule has 1 aliphatic rings. The zero-order valence-corrected chi connectivity index (χ0v) is 19.6. The Balaban J connectivity index is 1.84. The molecule has 0 saturated carbocycles. The summed E-state index contributed by atoms with van der Waals surface area (Å²) in [5.74, 6) is 0.318. The number of nitriles is 1. The van der Waals surface area contributed by atoms with Crippen LogP contribution in [0.25, 0.3) is 0 Å². The molecular formula is C22H31N5O4S. The first-order valence-electron chi connectivity index (χ1n) is 10.5. The molecular weight excluding hydrogens is 430 g/mol. The number of carbonyl (C=O) groups excluding carboxylic acids is 3. The standard InChI is InChI=1S/C22H31N5O4S/c1-22(2,3)31-21(30)27-13-11-26(12-14-27)20(29)25-15-18(19(28)24-10-9-23)32-16-17-7-5-4-6-8-17/h4-8,18H,10-16H2,1-3H3,(H,24,28)(H,25,29). The fraction of sp³-hybridized carbons (Fsp3) is 0.545. The summed E-state index contributed by atoms with van der Waals surface area (Å²) in [5, 5.41) is 13.6. The third-order valence-corrected chi connectivity index (χ3v) is 5.87. The highest BCUT2D eigenvalue weighted by Gasteiger charge is 2.28. The molecule has 1 fully saturated rings. The summed E-state index contributed by atoms with van der Waals surface area (Å²) in [4.78, 5) is 40.4. The van der Waals surface area contributed by atoms with Crippen molar-refractivity contribution in [3.63, 3.8) is 0 Å². The predicted octanol–water partition coefficient (Wildman–Crippen LogP) is 2.19. The van der Waals surface area contributed by atoms with Crippen molar-refractivity contribution in [1.29, 1.82) is 5.26 Å². The number of urea groups is 1. The van der Waals surface area contributed by atoms with Gasteiger partial charge in [-0.15, -0.1) is 11.8 Å². The molecule has 2 N–H and O–H groups in total. The van der Waals surface area contributed by atoms with Gasteiger partial charge in [0.05, 0.1) is 6.07 Å². The van der Waals surface area contributed by atoms with Crippen LogP contribution in [0.2, 0.25) is 0 Å². The highest BCUT2D eigenvalue weighted by atomic mass is 32.2. The van der Waals surface area contributed by atoms with E-state index in [9.17, 15) is 14.4 Å². The molecule has 0 bridgehead atoms. The number of amides is 4. The van der Waals surface area contributed by atoms with Gasteiger partial charge in [0, 0.05) is 38.5 Å². The van der Waals surface area contributed by atoms with Crippen molar-refractivity contribution in [2.24, 2.45) is 0 Å². The number of ether oxygens (including phenoxy) is 1. The van der Waals surface area contributed by atoms with Crippen LogP contribution in [-0.2, 0) is 15.3 Å². The van der Waals surface area contributed by atoms with Crippen LogP contribution >= 0.6 is 11.8 Å². The van der Waals surface area contributed by atoms with Gasteiger partial charge in [-0.05, 0) is 26.3 Å². The molecule has 174 valence electrons. The van der Waals surface area contributed by atoms with E-state index in [0.29, 0.717) is 31.9 Å². The van der Waals surface area contributed by atoms with Crippen molar-refractivity contribution in [3.05, 3.63) is 35.9 Å². The third kappa shape index (κ3) is 8.67. The van der Waals surface area contributed by atoms with Crippen LogP contribution in [0.4, 0.5) is 9.59 Å². The summed E-state index contributed by atoms with van der Waals surface area (Å²) in [6.45, 7) is 7.03. The van der Waals surface area contributed by atoms with Crippen LogP contribution in [0.1, 0.15) is 26.3 Å². The lowest BCUT2D eigenvalue weighted by Crippen LogP contribution is -2.54. The van der Waals surface area contributed by atoms with Gasteiger partial charge in [0.15, 0.2) is 0 Å². The van der Waals surface area contributed by atoms with Gasteiger partial charge >= 0.3 is 12.1 Å². The van der Waals surface area contributed by atoms with Crippen molar-refractivity contribution in [1.82, 2.24) is 20.4 Å². The normalized spacial score (nSPS) is 14.8. The maximum Gasteiger partial charge on any atom is 0.410 e. The fourth-order valence-corrected chi connectivity index (χ4v) is 3.97. The quantitative estimate of drug-likeness (QED) is 0.602. The molecule has 32 heavy (non-hydrogen) atoms. The van der Waals surface area contributed by atoms with Gasteiger partial charge in [-0.2, -0.15) is 5.26 Å². The summed E-state index contributed by atoms with van der Waals surface area (Å²) < 4.78 is 5.37. The lowest BCUT2D eigenvalue weighted by Gasteiger charge is -2.35. The summed E-state index contributed by atoms with van der Waals surface area (Å²) in [5.41, 5.74) is 0.504. The lowest BCUT2D eigenvalue weighted by molar-refractivity contribution is -0.120. The maximum atomic E-state index is 12.6. The van der Waals surface area contributed by atoms with Crippen LogP contribution in [-0.4, -0.2) is 78.0 Å². The minimum atomic E-state index is -0.565. The predicted molar refractivity (Wildman–Crippen MR) is 123 cm³/mol. The Morgan fingerprint density at radius 3 is 2.31 bits per heavy atom. The molecule has 1 aromatic carbocycles. The first kappa shape index (κ1) is 25.3. The molecule has 0 spiro atoms. The van der Waals surface area contributed by atoms with Gasteiger partial charge in [-0.3, -0.25) is 4.79 Å². The Morgan fingerprint density at radius 1 is 1.09 bits per heavy atom. The van der Waals surface area contributed by atoms with Crippen molar-refractivity contribution < 1.29 is 19.1 Å². The van der Waals surface area contributed by atoms with E-state index in [1.807, 2.05) is 57.2 Å². The average Bonchev–Trinajstić information content (AvgIpc) is 2.77. The Morgan fingerprint density at radius 2 is 1.72 bits per heavy atom. The van der Waals surface area contributed by atoms with E-state index >= 15 is 0 Å². The molecule has 1 heterocycles. The minimum Gasteiger partial charge on any atom is -0.444 e. The molecule has 1 unspecified atom stereocenters. The first-order valence-corrected chi connectivity index (χ1v) is 11.6. The van der Waals surface area contributed by atoms with Crippen molar-refractivity contribution in [2.45, 2.75) is 37.4 Å². The molecule has 1 aromatic rings. The van der Waals surface area contributed by atoms with E-state index in [1.54, 1.807) is 9.80 Å². The molecule has 1 saturated heterocycles. The van der Waals surface area contributed by atoms with E-state index in [-0.39, 0.29) is 31.1 Å². The first-order chi connectivity index (χ1) is 15.2. The fourth-order valence-electron chi connectivity index (χ4n) is 2.95. The summed E-state index contributed by atoms with van der Waals surface area (Å²) in [7, 11) is 0. The number of hydrogen-bond acceptors (Lipinski definition) is 6. The topological polar surface area (TPSA) is 115 Å². The molecule has 10 heteroatoms. The average molecular weight is 462 g/mol. The molecule has 0 radical (unpaired) electrons. The number of thioether (sulfide) groups is 1. The Bertz CT molecular complexity index is 814. The third-order valence-electron chi connectivity index (χ3n) is 4.59. The number of rotatable bonds is 7. The number of nitrogens with one attached hydrogen (secondary N) is 2. The van der Waals surface area contributed by atoms with Gasteiger partial charge in [0.25, 0.3) is 0 Å². The Labute approximate surface area is 193 Å². The second-order valence-corrected chi connectivity index (χ2v) is 9.49. The summed E-state index contributed by atoms with van der Waals surface area (Å²) >= 11 is 1.41. The molecule has 2 rings (SSSR count). The lowest BCUT2D eigenvalue weighted by atomic mass is 10.2. The van der Waals surface area contributed by atoms with Crippen molar-refractivity contribution in [3.8, 4) is 6.07 Å². The molecule has 4 amide bonds. The van der Waals surface area contributed by atoms with Crippen LogP contribution < -0.4 is 10.6 Å². The van der Waals surface area contributed by atoms with Gasteiger partial charge < -0.3 is 25.2 Å². The SMILES string of the molecule is CC(C)(C)OC(=O)N1CCN(C(=O)NCC(SCc2ccccc2)C(=O)NCC#N)CC1. The molecule has 0 aromatic heterocycles. The Kier molecular flexibility index (Phi) is 9.65. The van der Waals surface area contributed by atoms with E-state index in [4.69, 9.17) is 10.00 Å². The number of benzene rings is 1. The van der Waals surface area contributed by atoms with Crippen molar-refractivity contribution in [2.75, 3.05) is 39.3 Å². The second-order valence-electron chi connectivity index (χ2n) is 8.30.